The highest BCUT2D eigenvalue weighted by atomic mass is 32.2. The Kier molecular flexibility index (Phi) is 6.11. The Labute approximate surface area is 164 Å². The number of nitrogens with one attached hydrogen (secondary N) is 1. The second kappa shape index (κ2) is 8.19. The minimum Gasteiger partial charge on any atom is -0.337 e. The molecular formula is C17H25N5O3S2. The Morgan fingerprint density at radius 3 is 2.74 bits per heavy atom. The minimum atomic E-state index is -2.91. The molecule has 2 fully saturated rings. The van der Waals surface area contributed by atoms with Crippen LogP contribution in [0.2, 0.25) is 0 Å². The van der Waals surface area contributed by atoms with Crippen molar-refractivity contribution in [1.82, 2.24) is 20.1 Å². The van der Waals surface area contributed by atoms with Gasteiger partial charge in [0.15, 0.2) is 15.0 Å². The van der Waals surface area contributed by atoms with Crippen LogP contribution in [0.3, 0.4) is 0 Å². The molecule has 1 atom stereocenters. The van der Waals surface area contributed by atoms with E-state index in [4.69, 9.17) is 0 Å². The quantitative estimate of drug-likeness (QED) is 0.699. The summed E-state index contributed by atoms with van der Waals surface area (Å²) in [7, 11) is -1.08. The van der Waals surface area contributed by atoms with Crippen LogP contribution in [0.5, 0.6) is 0 Å². The van der Waals surface area contributed by atoms with Crippen LogP contribution in [0.25, 0.3) is 0 Å². The summed E-state index contributed by atoms with van der Waals surface area (Å²) in [5.74, 6) is 1.28. The molecule has 10 heteroatoms. The molecule has 1 aliphatic carbocycles. The molecule has 0 bridgehead atoms. The van der Waals surface area contributed by atoms with E-state index in [0.717, 1.165) is 25.1 Å². The van der Waals surface area contributed by atoms with Gasteiger partial charge in [-0.25, -0.2) is 8.42 Å². The number of thioether (sulfide) groups is 1. The summed E-state index contributed by atoms with van der Waals surface area (Å²) in [5, 5.41) is 21.3. The highest BCUT2D eigenvalue weighted by molar-refractivity contribution is 7.99. The largest absolute Gasteiger partial charge is 0.337 e. The number of carbonyl (C=O) groups is 1. The smallest absolute Gasteiger partial charge is 0.231 e. The third-order valence-corrected chi connectivity index (χ3v) is 8.21. The third-order valence-electron chi connectivity index (χ3n) is 5.36. The predicted octanol–water partition coefficient (Wildman–Crippen LogP) is 1.23. The maximum atomic E-state index is 12.3. The zero-order valence-corrected chi connectivity index (χ0v) is 17.1. The van der Waals surface area contributed by atoms with Gasteiger partial charge in [-0.3, -0.25) is 4.79 Å². The molecule has 2 heterocycles. The van der Waals surface area contributed by atoms with E-state index in [0.29, 0.717) is 30.8 Å². The van der Waals surface area contributed by atoms with E-state index in [1.165, 1.54) is 11.8 Å². The monoisotopic (exact) mass is 411 g/mol. The van der Waals surface area contributed by atoms with E-state index in [1.807, 2.05) is 11.6 Å². The number of hydrogen-bond acceptors (Lipinski definition) is 7. The number of nitriles is 1. The van der Waals surface area contributed by atoms with E-state index < -0.39 is 15.4 Å². The second-order valence-corrected chi connectivity index (χ2v) is 10.7. The van der Waals surface area contributed by atoms with Crippen LogP contribution < -0.4 is 5.32 Å². The highest BCUT2D eigenvalue weighted by Gasteiger charge is 2.33. The van der Waals surface area contributed by atoms with Crippen LogP contribution in [-0.2, 0) is 28.1 Å². The van der Waals surface area contributed by atoms with Crippen molar-refractivity contribution in [2.45, 2.75) is 55.6 Å². The highest BCUT2D eigenvalue weighted by Crippen LogP contribution is 2.28. The van der Waals surface area contributed by atoms with Gasteiger partial charge in [0.05, 0.1) is 23.3 Å². The van der Waals surface area contributed by atoms with Crippen LogP contribution in [0.1, 0.15) is 44.3 Å². The van der Waals surface area contributed by atoms with Crippen LogP contribution in [0, 0.1) is 17.2 Å². The molecule has 3 rings (SSSR count). The molecular weight excluding hydrogens is 386 g/mol. The Hall–Kier alpha value is -1.60. The number of sulfone groups is 1. The van der Waals surface area contributed by atoms with Gasteiger partial charge in [0.25, 0.3) is 0 Å². The molecule has 1 N–H and O–H groups in total. The lowest BCUT2D eigenvalue weighted by Crippen LogP contribution is -2.49. The lowest BCUT2D eigenvalue weighted by atomic mass is 9.83. The molecule has 27 heavy (non-hydrogen) atoms. The molecule has 1 amide bonds. The van der Waals surface area contributed by atoms with Crippen molar-refractivity contribution in [1.29, 1.82) is 5.26 Å². The summed E-state index contributed by atoms with van der Waals surface area (Å²) < 4.78 is 25.0. The van der Waals surface area contributed by atoms with Gasteiger partial charge in [-0.2, -0.15) is 5.26 Å². The Morgan fingerprint density at radius 1 is 1.37 bits per heavy atom. The molecule has 1 aliphatic heterocycles. The van der Waals surface area contributed by atoms with Gasteiger partial charge >= 0.3 is 0 Å². The summed E-state index contributed by atoms with van der Waals surface area (Å²) in [6.45, 7) is 0. The summed E-state index contributed by atoms with van der Waals surface area (Å²) in [4.78, 5) is 12.3. The summed E-state index contributed by atoms with van der Waals surface area (Å²) in [6.07, 6.45) is 5.69. The van der Waals surface area contributed by atoms with E-state index in [-0.39, 0.29) is 29.1 Å². The predicted molar refractivity (Wildman–Crippen MR) is 102 cm³/mol. The summed E-state index contributed by atoms with van der Waals surface area (Å²) in [5.41, 5.74) is -0.727. The number of hydrogen-bond donors (Lipinski definition) is 1. The molecule has 0 aromatic carbocycles. The van der Waals surface area contributed by atoms with Gasteiger partial charge in [0.2, 0.25) is 5.91 Å². The molecule has 1 saturated heterocycles. The molecule has 148 valence electrons. The van der Waals surface area contributed by atoms with Crippen molar-refractivity contribution in [2.24, 2.45) is 13.0 Å². The molecule has 0 spiro atoms. The van der Waals surface area contributed by atoms with Crippen LogP contribution in [0.4, 0.5) is 0 Å². The first-order chi connectivity index (χ1) is 12.8. The van der Waals surface area contributed by atoms with Crippen molar-refractivity contribution in [3.63, 3.8) is 0 Å². The average Bonchev–Trinajstić information content (AvgIpc) is 3.16. The maximum absolute atomic E-state index is 12.3. The topological polar surface area (TPSA) is 118 Å². The second-order valence-electron chi connectivity index (χ2n) is 7.52. The average molecular weight is 412 g/mol. The molecule has 0 radical (unpaired) electrons. The first kappa shape index (κ1) is 20.1. The Balaban J connectivity index is 1.53. The fourth-order valence-electron chi connectivity index (χ4n) is 3.79. The van der Waals surface area contributed by atoms with Crippen LogP contribution in [0.15, 0.2) is 5.16 Å². The summed E-state index contributed by atoms with van der Waals surface area (Å²) >= 11 is 1.28. The fourth-order valence-corrected chi connectivity index (χ4v) is 6.38. The van der Waals surface area contributed by atoms with Crippen molar-refractivity contribution in [3.8, 4) is 6.07 Å². The molecule has 0 unspecified atom stereocenters. The van der Waals surface area contributed by atoms with E-state index >= 15 is 0 Å². The first-order valence-electron chi connectivity index (χ1n) is 9.26. The van der Waals surface area contributed by atoms with E-state index in [1.54, 1.807) is 0 Å². The Bertz CT molecular complexity index is 837. The minimum absolute atomic E-state index is 0.0841. The first-order valence-corrected chi connectivity index (χ1v) is 12.1. The van der Waals surface area contributed by atoms with Gasteiger partial charge in [-0.1, -0.05) is 31.0 Å². The number of amides is 1. The van der Waals surface area contributed by atoms with Crippen LogP contribution >= 0.6 is 11.8 Å². The van der Waals surface area contributed by atoms with E-state index in [2.05, 4.69) is 21.6 Å². The SMILES string of the molecule is Cn1c(C[C@@H]2CCS(=O)(=O)C2)nnc1SCC(=O)NC1(C#N)CCCCC1. The van der Waals surface area contributed by atoms with Gasteiger partial charge in [0, 0.05) is 13.5 Å². The normalized spacial score (nSPS) is 23.6. The number of rotatable bonds is 6. The Morgan fingerprint density at radius 2 is 2.11 bits per heavy atom. The van der Waals surface area contributed by atoms with Gasteiger partial charge in [0.1, 0.15) is 11.4 Å². The van der Waals surface area contributed by atoms with Gasteiger partial charge in [-0.15, -0.1) is 10.2 Å². The molecule has 2 aliphatic rings. The maximum Gasteiger partial charge on any atom is 0.231 e. The number of aromatic nitrogens is 3. The van der Waals surface area contributed by atoms with Gasteiger partial charge < -0.3 is 9.88 Å². The number of carbonyl (C=O) groups excluding carboxylic acids is 1. The van der Waals surface area contributed by atoms with E-state index in [9.17, 15) is 18.5 Å². The standard InChI is InChI=1S/C17H25N5O3S2/c1-22-14(9-13-5-8-27(24,25)11-13)20-21-16(22)26-10-15(23)19-17(12-18)6-3-2-4-7-17/h13H,2-11H2,1H3,(H,19,23)/t13-/m0/s1. The third kappa shape index (κ3) is 5.02. The van der Waals surface area contributed by atoms with Crippen LogP contribution in [-0.4, -0.2) is 51.9 Å². The zero-order valence-electron chi connectivity index (χ0n) is 15.5. The number of nitrogens with zero attached hydrogens (tertiary/aromatic N) is 4. The molecule has 1 aromatic heterocycles. The lowest BCUT2D eigenvalue weighted by Gasteiger charge is -2.31. The van der Waals surface area contributed by atoms with Gasteiger partial charge in [-0.05, 0) is 25.2 Å². The molecule has 1 saturated carbocycles. The zero-order chi connectivity index (χ0) is 19.5. The molecule has 1 aromatic rings. The lowest BCUT2D eigenvalue weighted by molar-refractivity contribution is -0.120. The van der Waals surface area contributed by atoms with Crippen molar-refractivity contribution in [2.75, 3.05) is 17.3 Å². The molecule has 8 nitrogen and oxygen atoms in total. The van der Waals surface area contributed by atoms with Crippen molar-refractivity contribution >= 4 is 27.5 Å². The van der Waals surface area contributed by atoms with Crippen molar-refractivity contribution in [3.05, 3.63) is 5.82 Å². The fraction of sp³-hybridized carbons (Fsp3) is 0.765. The summed E-state index contributed by atoms with van der Waals surface area (Å²) in [6, 6.07) is 2.29. The van der Waals surface area contributed by atoms with Crippen molar-refractivity contribution < 1.29 is 13.2 Å².